The van der Waals surface area contributed by atoms with Crippen LogP contribution in [0.4, 0.5) is 14.6 Å². The van der Waals surface area contributed by atoms with Gasteiger partial charge < -0.3 is 19.1 Å². The molecule has 0 spiro atoms. The molecule has 0 saturated carbocycles. The molecule has 1 aliphatic heterocycles. The lowest BCUT2D eigenvalue weighted by Gasteiger charge is -2.36. The highest BCUT2D eigenvalue weighted by atomic mass is 19.3. The normalized spacial score (nSPS) is 14.8. The molecule has 0 radical (unpaired) electrons. The number of alkyl halides is 2. The molecular weight excluding hydrogens is 418 g/mol. The molecule has 1 saturated heterocycles. The molecule has 3 aromatic rings. The predicted molar refractivity (Wildman–Crippen MR) is 118 cm³/mol. The Balaban J connectivity index is 1.52. The van der Waals surface area contributed by atoms with Crippen molar-refractivity contribution in [3.05, 3.63) is 47.8 Å². The third-order valence-corrected chi connectivity index (χ3v) is 5.65. The van der Waals surface area contributed by atoms with Crippen LogP contribution in [0.15, 0.2) is 36.4 Å². The lowest BCUT2D eigenvalue weighted by Crippen LogP contribution is -2.46. The van der Waals surface area contributed by atoms with Crippen molar-refractivity contribution in [2.24, 2.45) is 0 Å². The number of aromatic nitrogens is 2. The molecule has 2 heterocycles. The van der Waals surface area contributed by atoms with Crippen LogP contribution in [0.1, 0.15) is 17.8 Å². The molecule has 0 aliphatic carbocycles. The van der Waals surface area contributed by atoms with Gasteiger partial charge in [0.2, 0.25) is 5.75 Å². The Kier molecular flexibility index (Phi) is 6.55. The maximum atomic E-state index is 13.4. The zero-order chi connectivity index (χ0) is 22.7. The summed E-state index contributed by atoms with van der Waals surface area (Å²) in [5.74, 6) is 1.96. The van der Waals surface area contributed by atoms with Crippen molar-refractivity contribution in [2.45, 2.75) is 13.0 Å². The molecule has 1 aliphatic rings. The van der Waals surface area contributed by atoms with Gasteiger partial charge in [0, 0.05) is 43.7 Å². The number of hydrogen-bond donors (Lipinski definition) is 0. The Labute approximate surface area is 185 Å². The number of ether oxygens (including phenoxy) is 3. The third kappa shape index (κ3) is 4.25. The summed E-state index contributed by atoms with van der Waals surface area (Å²) < 4.78 is 43.1. The maximum Gasteiger partial charge on any atom is 0.297 e. The number of para-hydroxylation sites is 1. The standard InChI is InChI=1S/C23H26F2N4O3/c1-30-18-9-8-15(19(31-2)20(18)32-3)14-28-10-12-29(13-11-28)23-16-6-4-5-7-17(16)26-22(27-23)21(24)25/h4-9,21H,10-14H2,1-3H3. The van der Waals surface area contributed by atoms with E-state index in [1.807, 2.05) is 24.3 Å². The van der Waals surface area contributed by atoms with E-state index in [1.165, 1.54) is 0 Å². The first-order chi connectivity index (χ1) is 15.5. The molecule has 0 N–H and O–H groups in total. The lowest BCUT2D eigenvalue weighted by atomic mass is 10.1. The van der Waals surface area contributed by atoms with E-state index in [4.69, 9.17) is 14.2 Å². The monoisotopic (exact) mass is 444 g/mol. The van der Waals surface area contributed by atoms with E-state index in [0.717, 1.165) is 24.0 Å². The molecule has 1 fully saturated rings. The van der Waals surface area contributed by atoms with Gasteiger partial charge in [-0.25, -0.2) is 18.7 Å². The van der Waals surface area contributed by atoms with Crippen molar-refractivity contribution < 1.29 is 23.0 Å². The summed E-state index contributed by atoms with van der Waals surface area (Å²) in [5.41, 5.74) is 1.52. The molecule has 32 heavy (non-hydrogen) atoms. The van der Waals surface area contributed by atoms with E-state index in [0.29, 0.717) is 48.2 Å². The van der Waals surface area contributed by atoms with E-state index in [9.17, 15) is 8.78 Å². The minimum absolute atomic E-state index is 0.434. The summed E-state index contributed by atoms with van der Waals surface area (Å²) >= 11 is 0. The summed E-state index contributed by atoms with van der Waals surface area (Å²) in [5, 5.41) is 0.784. The molecule has 0 amide bonds. The summed E-state index contributed by atoms with van der Waals surface area (Å²) in [6.45, 7) is 3.50. The minimum Gasteiger partial charge on any atom is -0.493 e. The zero-order valence-corrected chi connectivity index (χ0v) is 18.3. The van der Waals surface area contributed by atoms with Gasteiger partial charge in [0.1, 0.15) is 5.82 Å². The molecule has 9 heteroatoms. The number of benzene rings is 2. The van der Waals surface area contributed by atoms with Gasteiger partial charge in [0.25, 0.3) is 6.43 Å². The fraction of sp³-hybridized carbons (Fsp3) is 0.391. The second kappa shape index (κ2) is 9.52. The van der Waals surface area contributed by atoms with Crippen molar-refractivity contribution in [1.29, 1.82) is 0 Å². The van der Waals surface area contributed by atoms with Crippen molar-refractivity contribution >= 4 is 16.7 Å². The number of piperazine rings is 1. The molecular formula is C23H26F2N4O3. The van der Waals surface area contributed by atoms with E-state index >= 15 is 0 Å². The first-order valence-electron chi connectivity index (χ1n) is 10.4. The van der Waals surface area contributed by atoms with Gasteiger partial charge in [0.15, 0.2) is 17.3 Å². The molecule has 170 valence electrons. The number of methoxy groups -OCH3 is 3. The van der Waals surface area contributed by atoms with E-state index in [-0.39, 0.29) is 0 Å². The molecule has 1 aromatic heterocycles. The fourth-order valence-electron chi connectivity index (χ4n) is 4.06. The highest BCUT2D eigenvalue weighted by Crippen LogP contribution is 2.40. The predicted octanol–water partition coefficient (Wildman–Crippen LogP) is 3.92. The molecule has 0 unspecified atom stereocenters. The van der Waals surface area contributed by atoms with Crippen LogP contribution in [0.2, 0.25) is 0 Å². The Morgan fingerprint density at radius 2 is 1.59 bits per heavy atom. The molecule has 0 atom stereocenters. The third-order valence-electron chi connectivity index (χ3n) is 5.65. The van der Waals surface area contributed by atoms with Crippen LogP contribution in [-0.2, 0) is 6.54 Å². The summed E-state index contributed by atoms with van der Waals surface area (Å²) in [4.78, 5) is 12.6. The number of halogens is 2. The lowest BCUT2D eigenvalue weighted by molar-refractivity contribution is 0.141. The van der Waals surface area contributed by atoms with Crippen molar-refractivity contribution in [2.75, 3.05) is 52.4 Å². The zero-order valence-electron chi connectivity index (χ0n) is 18.3. The van der Waals surface area contributed by atoms with Crippen LogP contribution >= 0.6 is 0 Å². The Bertz CT molecular complexity index is 1090. The van der Waals surface area contributed by atoms with Crippen molar-refractivity contribution in [3.63, 3.8) is 0 Å². The van der Waals surface area contributed by atoms with Gasteiger partial charge in [0.05, 0.1) is 26.8 Å². The number of fused-ring (bicyclic) bond motifs is 1. The maximum absolute atomic E-state index is 13.4. The van der Waals surface area contributed by atoms with Gasteiger partial charge >= 0.3 is 0 Å². The van der Waals surface area contributed by atoms with Gasteiger partial charge in [-0.05, 0) is 18.2 Å². The Morgan fingerprint density at radius 3 is 2.25 bits per heavy atom. The van der Waals surface area contributed by atoms with E-state index in [2.05, 4.69) is 19.8 Å². The van der Waals surface area contributed by atoms with E-state index in [1.54, 1.807) is 33.5 Å². The van der Waals surface area contributed by atoms with Crippen molar-refractivity contribution in [1.82, 2.24) is 14.9 Å². The highest BCUT2D eigenvalue weighted by molar-refractivity contribution is 5.89. The first-order valence-corrected chi connectivity index (χ1v) is 10.4. The molecule has 4 rings (SSSR count). The average molecular weight is 444 g/mol. The van der Waals surface area contributed by atoms with Crippen LogP contribution in [0.3, 0.4) is 0 Å². The van der Waals surface area contributed by atoms with Crippen LogP contribution in [0, 0.1) is 0 Å². The minimum atomic E-state index is -2.71. The van der Waals surface area contributed by atoms with Gasteiger partial charge in [-0.3, -0.25) is 4.90 Å². The quantitative estimate of drug-likeness (QED) is 0.548. The average Bonchev–Trinajstić information content (AvgIpc) is 2.83. The van der Waals surface area contributed by atoms with Crippen LogP contribution < -0.4 is 19.1 Å². The largest absolute Gasteiger partial charge is 0.493 e. The van der Waals surface area contributed by atoms with Crippen LogP contribution in [-0.4, -0.2) is 62.4 Å². The highest BCUT2D eigenvalue weighted by Gasteiger charge is 2.24. The number of nitrogens with zero attached hydrogens (tertiary/aromatic N) is 4. The van der Waals surface area contributed by atoms with Gasteiger partial charge in [-0.1, -0.05) is 18.2 Å². The summed E-state index contributed by atoms with van der Waals surface area (Å²) in [7, 11) is 4.79. The van der Waals surface area contributed by atoms with E-state index < -0.39 is 12.2 Å². The van der Waals surface area contributed by atoms with Crippen LogP contribution in [0.25, 0.3) is 10.9 Å². The van der Waals surface area contributed by atoms with Crippen LogP contribution in [0.5, 0.6) is 17.2 Å². The fourth-order valence-corrected chi connectivity index (χ4v) is 4.06. The number of anilines is 1. The molecule has 7 nitrogen and oxygen atoms in total. The first kappa shape index (κ1) is 22.0. The summed E-state index contributed by atoms with van der Waals surface area (Å²) in [6, 6.07) is 11.1. The topological polar surface area (TPSA) is 60.0 Å². The second-order valence-corrected chi connectivity index (χ2v) is 7.48. The Morgan fingerprint density at radius 1 is 0.875 bits per heavy atom. The van der Waals surface area contributed by atoms with Crippen molar-refractivity contribution in [3.8, 4) is 17.2 Å². The second-order valence-electron chi connectivity index (χ2n) is 7.48. The van der Waals surface area contributed by atoms with Gasteiger partial charge in [-0.15, -0.1) is 0 Å². The molecule has 2 aromatic carbocycles. The Hall–Kier alpha value is -3.20. The van der Waals surface area contributed by atoms with Gasteiger partial charge in [-0.2, -0.15) is 0 Å². The molecule has 0 bridgehead atoms. The smallest absolute Gasteiger partial charge is 0.297 e. The SMILES string of the molecule is COc1ccc(CN2CCN(c3nc(C(F)F)nc4ccccc34)CC2)c(OC)c1OC. The number of hydrogen-bond acceptors (Lipinski definition) is 7. The number of rotatable bonds is 7. The summed E-state index contributed by atoms with van der Waals surface area (Å²) in [6.07, 6.45) is -2.71.